The fraction of sp³-hybridized carbons (Fsp3) is 0.0833. The average Bonchev–Trinajstić information content (AvgIpc) is 2.59. The van der Waals surface area contributed by atoms with E-state index >= 15 is 0 Å². The third kappa shape index (κ3) is 0.976. The zero-order valence-electron chi connectivity index (χ0n) is 7.82. The number of fused-ring (bicyclic) bond motifs is 3. The molecule has 0 saturated carbocycles. The summed E-state index contributed by atoms with van der Waals surface area (Å²) in [6.45, 7) is 2.11. The molecule has 0 spiro atoms. The van der Waals surface area contributed by atoms with Crippen molar-refractivity contribution < 1.29 is 0 Å². The molecule has 0 amide bonds. The van der Waals surface area contributed by atoms with Crippen LogP contribution in [0.2, 0.25) is 0 Å². The van der Waals surface area contributed by atoms with Gasteiger partial charge in [-0.25, -0.2) is 4.98 Å². The summed E-state index contributed by atoms with van der Waals surface area (Å²) >= 11 is 1.72. The van der Waals surface area contributed by atoms with Gasteiger partial charge in [0.1, 0.15) is 0 Å². The van der Waals surface area contributed by atoms with Crippen molar-refractivity contribution in [1.82, 2.24) is 4.98 Å². The van der Waals surface area contributed by atoms with Gasteiger partial charge in [-0.15, -0.1) is 0 Å². The second-order valence-electron chi connectivity index (χ2n) is 3.44. The molecule has 0 unspecified atom stereocenters. The number of benzene rings is 1. The summed E-state index contributed by atoms with van der Waals surface area (Å²) in [6.07, 6.45) is 0. The lowest BCUT2D eigenvalue weighted by molar-refractivity contribution is 1.42. The first-order chi connectivity index (χ1) is 6.86. The SMILES string of the molecule is Cc1cccc2c3csccc-3nc12. The van der Waals surface area contributed by atoms with E-state index in [4.69, 9.17) is 0 Å². The normalized spacial score (nSPS) is 11.2. The number of para-hydroxylation sites is 1. The van der Waals surface area contributed by atoms with E-state index in [0.29, 0.717) is 0 Å². The molecule has 0 aliphatic carbocycles. The summed E-state index contributed by atoms with van der Waals surface area (Å²) in [5.74, 6) is 0. The number of aromatic nitrogens is 1. The van der Waals surface area contributed by atoms with Crippen LogP contribution in [-0.4, -0.2) is 4.98 Å². The minimum absolute atomic E-state index is 1.10. The lowest BCUT2D eigenvalue weighted by atomic mass is 10.1. The van der Waals surface area contributed by atoms with E-state index in [9.17, 15) is 0 Å². The topological polar surface area (TPSA) is 12.9 Å². The van der Waals surface area contributed by atoms with Crippen molar-refractivity contribution in [3.63, 3.8) is 0 Å². The van der Waals surface area contributed by atoms with Gasteiger partial charge in [0.15, 0.2) is 0 Å². The molecule has 0 aromatic heterocycles. The van der Waals surface area contributed by atoms with Gasteiger partial charge in [0, 0.05) is 16.3 Å². The maximum atomic E-state index is 4.62. The molecule has 2 heterocycles. The summed E-state index contributed by atoms with van der Waals surface area (Å²) in [5.41, 5.74) is 4.77. The van der Waals surface area contributed by atoms with Gasteiger partial charge in [-0.05, 0) is 23.9 Å². The Hall–Kier alpha value is -1.41. The molecule has 0 saturated heterocycles. The number of aryl methyl sites for hydroxylation is 1. The van der Waals surface area contributed by atoms with Crippen molar-refractivity contribution >= 4 is 22.2 Å². The fourth-order valence-electron chi connectivity index (χ4n) is 1.81. The van der Waals surface area contributed by atoms with E-state index in [0.717, 1.165) is 11.2 Å². The summed E-state index contributed by atoms with van der Waals surface area (Å²) in [6, 6.07) is 8.43. The van der Waals surface area contributed by atoms with Crippen LogP contribution in [0.15, 0.2) is 35.0 Å². The molecule has 1 aromatic rings. The highest BCUT2D eigenvalue weighted by Gasteiger charge is 2.11. The molecular formula is C12H9NS. The molecule has 2 heteroatoms. The highest BCUT2D eigenvalue weighted by molar-refractivity contribution is 7.08. The Morgan fingerprint density at radius 1 is 1.21 bits per heavy atom. The van der Waals surface area contributed by atoms with Crippen LogP contribution in [0.1, 0.15) is 5.56 Å². The molecule has 68 valence electrons. The Kier molecular flexibility index (Phi) is 1.58. The molecule has 0 radical (unpaired) electrons. The van der Waals surface area contributed by atoms with Gasteiger partial charge in [0.2, 0.25) is 0 Å². The quantitative estimate of drug-likeness (QED) is 0.538. The Bertz CT molecular complexity index is 568. The van der Waals surface area contributed by atoms with Crippen LogP contribution in [0.4, 0.5) is 0 Å². The molecule has 14 heavy (non-hydrogen) atoms. The summed E-state index contributed by atoms with van der Waals surface area (Å²) in [5, 5.41) is 5.52. The van der Waals surface area contributed by atoms with Crippen molar-refractivity contribution in [3.8, 4) is 11.3 Å². The summed E-state index contributed by atoms with van der Waals surface area (Å²) in [7, 11) is 0. The Labute approximate surface area is 86.4 Å². The third-order valence-corrected chi connectivity index (χ3v) is 3.19. The lowest BCUT2D eigenvalue weighted by Gasteiger charge is -1.94. The fourth-order valence-corrected chi connectivity index (χ4v) is 2.48. The molecular weight excluding hydrogens is 190 g/mol. The van der Waals surface area contributed by atoms with Crippen molar-refractivity contribution in [2.24, 2.45) is 0 Å². The van der Waals surface area contributed by atoms with Crippen molar-refractivity contribution in [2.75, 3.05) is 0 Å². The minimum atomic E-state index is 1.10. The van der Waals surface area contributed by atoms with E-state index in [2.05, 4.69) is 46.9 Å². The van der Waals surface area contributed by atoms with Gasteiger partial charge < -0.3 is 0 Å². The van der Waals surface area contributed by atoms with Crippen LogP contribution in [0.25, 0.3) is 22.2 Å². The Morgan fingerprint density at radius 3 is 3.07 bits per heavy atom. The molecule has 1 aromatic carbocycles. The molecule has 0 N–H and O–H groups in total. The van der Waals surface area contributed by atoms with E-state index < -0.39 is 0 Å². The summed E-state index contributed by atoms with van der Waals surface area (Å²) < 4.78 is 0. The first-order valence-electron chi connectivity index (χ1n) is 4.57. The number of rotatable bonds is 0. The van der Waals surface area contributed by atoms with Gasteiger partial charge in [0.05, 0.1) is 11.2 Å². The maximum Gasteiger partial charge on any atom is 0.0745 e. The van der Waals surface area contributed by atoms with Crippen molar-refractivity contribution in [3.05, 3.63) is 40.6 Å². The standard InChI is InChI=1S/C12H9NS/c1-8-3-2-4-9-10-7-14-6-5-11(10)13-12(8)9/h2-7H,1H3. The second kappa shape index (κ2) is 2.79. The van der Waals surface area contributed by atoms with E-state index in [1.807, 2.05) is 0 Å². The molecule has 1 nitrogen and oxygen atoms in total. The van der Waals surface area contributed by atoms with Gasteiger partial charge >= 0.3 is 0 Å². The first-order valence-corrected chi connectivity index (χ1v) is 5.52. The Balaban J connectivity index is 2.57. The van der Waals surface area contributed by atoms with Crippen LogP contribution in [-0.2, 0) is 0 Å². The zero-order valence-corrected chi connectivity index (χ0v) is 8.64. The first kappa shape index (κ1) is 7.94. The third-order valence-electron chi connectivity index (χ3n) is 2.53. The number of hydrogen-bond acceptors (Lipinski definition) is 2. The molecule has 3 rings (SSSR count). The highest BCUT2D eigenvalue weighted by Crippen LogP contribution is 2.32. The summed E-state index contributed by atoms with van der Waals surface area (Å²) in [4.78, 5) is 4.62. The van der Waals surface area contributed by atoms with Crippen LogP contribution in [0, 0.1) is 6.92 Å². The number of hydrogen-bond donors (Lipinski definition) is 0. The second-order valence-corrected chi connectivity index (χ2v) is 4.22. The predicted molar refractivity (Wildman–Crippen MR) is 61.0 cm³/mol. The monoisotopic (exact) mass is 199 g/mol. The van der Waals surface area contributed by atoms with Crippen molar-refractivity contribution in [2.45, 2.75) is 6.92 Å². The van der Waals surface area contributed by atoms with Gasteiger partial charge in [-0.1, -0.05) is 18.2 Å². The minimum Gasteiger partial charge on any atom is -0.247 e. The largest absolute Gasteiger partial charge is 0.247 e. The molecule has 2 aliphatic heterocycles. The van der Waals surface area contributed by atoms with Crippen LogP contribution >= 0.6 is 11.3 Å². The van der Waals surface area contributed by atoms with Crippen LogP contribution in [0.5, 0.6) is 0 Å². The maximum absolute atomic E-state index is 4.62. The van der Waals surface area contributed by atoms with Gasteiger partial charge in [-0.2, -0.15) is 11.3 Å². The molecule has 0 bridgehead atoms. The molecule has 2 aliphatic rings. The average molecular weight is 199 g/mol. The van der Waals surface area contributed by atoms with Gasteiger partial charge in [0.25, 0.3) is 0 Å². The van der Waals surface area contributed by atoms with E-state index in [-0.39, 0.29) is 0 Å². The van der Waals surface area contributed by atoms with Crippen molar-refractivity contribution in [1.29, 1.82) is 0 Å². The molecule has 0 atom stereocenters. The molecule has 0 fully saturated rings. The van der Waals surface area contributed by atoms with E-state index in [1.54, 1.807) is 11.3 Å². The van der Waals surface area contributed by atoms with E-state index in [1.165, 1.54) is 16.5 Å². The Morgan fingerprint density at radius 2 is 2.14 bits per heavy atom. The van der Waals surface area contributed by atoms with Crippen LogP contribution in [0.3, 0.4) is 0 Å². The predicted octanol–water partition coefficient (Wildman–Crippen LogP) is 3.71. The smallest absolute Gasteiger partial charge is 0.0745 e. The highest BCUT2D eigenvalue weighted by atomic mass is 32.1. The lowest BCUT2D eigenvalue weighted by Crippen LogP contribution is -1.72. The number of nitrogens with zero attached hydrogens (tertiary/aromatic N) is 1. The zero-order chi connectivity index (χ0) is 9.54. The van der Waals surface area contributed by atoms with Crippen LogP contribution < -0.4 is 0 Å². The van der Waals surface area contributed by atoms with Gasteiger partial charge in [-0.3, -0.25) is 0 Å².